The molecule has 0 heterocycles. The molecule has 0 radical (unpaired) electrons. The van der Waals surface area contributed by atoms with Gasteiger partial charge in [0.25, 0.3) is 5.91 Å². The molecule has 8 heteroatoms. The van der Waals surface area contributed by atoms with Crippen LogP contribution in [-0.4, -0.2) is 40.0 Å². The summed E-state index contributed by atoms with van der Waals surface area (Å²) in [5, 5.41) is 6.15. The summed E-state index contributed by atoms with van der Waals surface area (Å²) < 4.78 is 5.52. The van der Waals surface area contributed by atoms with Crippen LogP contribution < -0.4 is 10.6 Å². The molecule has 0 spiro atoms. The minimum absolute atomic E-state index is 0.191. The van der Waals surface area contributed by atoms with Gasteiger partial charge in [-0.1, -0.05) is 84.9 Å². The number of halogens is 1. The topological polar surface area (TPSA) is 87.7 Å². The molecule has 0 aliphatic carbocycles. The van der Waals surface area contributed by atoms with E-state index in [4.69, 9.17) is 16.3 Å². The van der Waals surface area contributed by atoms with Gasteiger partial charge in [-0.25, -0.2) is 4.79 Å². The molecule has 0 aromatic heterocycles. The molecule has 0 fully saturated rings. The first-order valence-electron chi connectivity index (χ1n) is 14.3. The Morgan fingerprint density at radius 1 is 0.953 bits per heavy atom. The molecule has 7 nitrogen and oxygen atoms in total. The fraction of sp³-hybridized carbons (Fsp3) is 0.343. The van der Waals surface area contributed by atoms with Crippen molar-refractivity contribution in [2.75, 3.05) is 5.32 Å². The highest BCUT2D eigenvalue weighted by atomic mass is 35.5. The molecule has 0 bridgehead atoms. The van der Waals surface area contributed by atoms with Gasteiger partial charge >= 0.3 is 6.09 Å². The lowest BCUT2D eigenvalue weighted by molar-refractivity contribution is -0.146. The van der Waals surface area contributed by atoms with E-state index in [9.17, 15) is 14.4 Å². The average Bonchev–Trinajstić information content (AvgIpc) is 2.91. The summed E-state index contributed by atoms with van der Waals surface area (Å²) in [7, 11) is 0. The Hall–Kier alpha value is -4.10. The van der Waals surface area contributed by atoms with Crippen LogP contribution in [0.25, 0.3) is 6.08 Å². The zero-order chi connectivity index (χ0) is 31.9. The Bertz CT molecular complexity index is 1440. The lowest BCUT2D eigenvalue weighted by Gasteiger charge is -2.43. The maximum atomic E-state index is 14.7. The van der Waals surface area contributed by atoms with Crippen LogP contribution in [0.5, 0.6) is 0 Å². The lowest BCUT2D eigenvalue weighted by Crippen LogP contribution is -2.58. The highest BCUT2D eigenvalue weighted by molar-refractivity contribution is 6.34. The zero-order valence-electron chi connectivity index (χ0n) is 26.0. The number of para-hydroxylation sites is 1. The predicted octanol–water partition coefficient (Wildman–Crippen LogP) is 7.73. The number of aryl methyl sites for hydroxylation is 1. The fourth-order valence-electron chi connectivity index (χ4n) is 4.77. The summed E-state index contributed by atoms with van der Waals surface area (Å²) in [4.78, 5) is 43.5. The third-order valence-corrected chi connectivity index (χ3v) is 6.99. The Balaban J connectivity index is 2.15. The molecule has 0 aliphatic rings. The van der Waals surface area contributed by atoms with Gasteiger partial charge in [-0.2, -0.15) is 0 Å². The second-order valence-corrected chi connectivity index (χ2v) is 12.9. The van der Waals surface area contributed by atoms with E-state index in [1.54, 1.807) is 45.0 Å². The summed E-state index contributed by atoms with van der Waals surface area (Å²) in [5.74, 6) is -0.890. The minimum Gasteiger partial charge on any atom is -0.444 e. The molecule has 228 valence electrons. The Morgan fingerprint density at radius 2 is 1.60 bits per heavy atom. The molecule has 3 aromatic rings. The molecular formula is C35H42ClN3O4. The van der Waals surface area contributed by atoms with Crippen LogP contribution in [0.4, 0.5) is 10.5 Å². The van der Waals surface area contributed by atoms with Crippen LogP contribution >= 0.6 is 11.6 Å². The number of rotatable bonds is 9. The molecule has 3 amide bonds. The SMILES string of the molecule is C=Cc1cccc(C(C(=O)Nc2c(C)cccc2Cl)N(C(=O)C(Cc2ccccc2)NC(=O)OC(C)(C)C)C(C)(C)C)c1. The number of alkyl carbamates (subject to hydrolysis) is 1. The molecule has 3 aromatic carbocycles. The van der Waals surface area contributed by atoms with Crippen molar-refractivity contribution in [1.82, 2.24) is 10.2 Å². The summed E-state index contributed by atoms with van der Waals surface area (Å²) >= 11 is 6.48. The quantitative estimate of drug-likeness (QED) is 0.262. The van der Waals surface area contributed by atoms with Gasteiger partial charge in [-0.15, -0.1) is 0 Å². The summed E-state index contributed by atoms with van der Waals surface area (Å²) in [6, 6.07) is 20.0. The van der Waals surface area contributed by atoms with E-state index in [-0.39, 0.29) is 6.42 Å². The normalized spacial score (nSPS) is 12.9. The summed E-state index contributed by atoms with van der Waals surface area (Å²) in [6.07, 6.45) is 1.15. The van der Waals surface area contributed by atoms with Crippen molar-refractivity contribution in [1.29, 1.82) is 0 Å². The van der Waals surface area contributed by atoms with Crippen molar-refractivity contribution in [2.24, 2.45) is 0 Å². The van der Waals surface area contributed by atoms with E-state index in [1.807, 2.05) is 82.3 Å². The lowest BCUT2D eigenvalue weighted by atomic mass is 9.93. The molecule has 0 aliphatic heterocycles. The van der Waals surface area contributed by atoms with Gasteiger partial charge in [-0.05, 0) is 82.9 Å². The van der Waals surface area contributed by atoms with Gasteiger partial charge in [0.05, 0.1) is 10.7 Å². The van der Waals surface area contributed by atoms with Gasteiger partial charge in [0.15, 0.2) is 0 Å². The molecular weight excluding hydrogens is 562 g/mol. The van der Waals surface area contributed by atoms with Crippen molar-refractivity contribution < 1.29 is 19.1 Å². The number of ether oxygens (including phenoxy) is 1. The molecule has 0 saturated heterocycles. The Labute approximate surface area is 260 Å². The number of hydrogen-bond donors (Lipinski definition) is 2. The van der Waals surface area contributed by atoms with Crippen LogP contribution in [-0.2, 0) is 20.7 Å². The number of nitrogens with one attached hydrogen (secondary N) is 2. The second kappa shape index (κ2) is 13.9. The van der Waals surface area contributed by atoms with E-state index < -0.39 is 41.1 Å². The van der Waals surface area contributed by atoms with Crippen LogP contribution in [0, 0.1) is 6.92 Å². The smallest absolute Gasteiger partial charge is 0.408 e. The zero-order valence-corrected chi connectivity index (χ0v) is 26.8. The van der Waals surface area contributed by atoms with Crippen LogP contribution in [0.3, 0.4) is 0 Å². The number of hydrogen-bond acceptors (Lipinski definition) is 4. The van der Waals surface area contributed by atoms with Crippen molar-refractivity contribution in [3.63, 3.8) is 0 Å². The van der Waals surface area contributed by atoms with Gasteiger partial charge in [-0.3, -0.25) is 9.59 Å². The van der Waals surface area contributed by atoms with E-state index in [1.165, 1.54) is 4.90 Å². The molecule has 0 saturated carbocycles. The number of nitrogens with zero attached hydrogens (tertiary/aromatic N) is 1. The van der Waals surface area contributed by atoms with Crippen molar-refractivity contribution in [3.05, 3.63) is 107 Å². The van der Waals surface area contributed by atoms with E-state index in [2.05, 4.69) is 17.2 Å². The third kappa shape index (κ3) is 9.19. The van der Waals surface area contributed by atoms with Crippen LogP contribution in [0.1, 0.15) is 69.8 Å². The van der Waals surface area contributed by atoms with Gasteiger partial charge < -0.3 is 20.3 Å². The molecule has 43 heavy (non-hydrogen) atoms. The van der Waals surface area contributed by atoms with Gasteiger partial charge in [0.2, 0.25) is 5.91 Å². The van der Waals surface area contributed by atoms with Crippen LogP contribution in [0.15, 0.2) is 79.4 Å². The molecule has 2 atom stereocenters. The number of anilines is 1. The van der Waals surface area contributed by atoms with Gasteiger partial charge in [0, 0.05) is 12.0 Å². The van der Waals surface area contributed by atoms with Crippen molar-refractivity contribution >= 4 is 41.3 Å². The summed E-state index contributed by atoms with van der Waals surface area (Å²) in [5.41, 5.74) is 1.83. The van der Waals surface area contributed by atoms with Crippen molar-refractivity contribution in [2.45, 2.75) is 78.1 Å². The minimum atomic E-state index is -1.08. The highest BCUT2D eigenvalue weighted by Gasteiger charge is 2.42. The first-order chi connectivity index (χ1) is 20.1. The number of carbonyl (C=O) groups is 3. The standard InChI is InChI=1S/C35H42ClN3O4/c1-9-24-18-14-19-26(21-24)30(31(40)38-29-23(2)15-13-20-27(29)36)39(34(3,4)5)32(41)28(22-25-16-11-10-12-17-25)37-33(42)43-35(6,7)8/h9-21,28,30H,1,22H2,2-8H3,(H,37,42)(H,38,40). The average molecular weight is 604 g/mol. The second-order valence-electron chi connectivity index (χ2n) is 12.5. The maximum Gasteiger partial charge on any atom is 0.408 e. The third-order valence-electron chi connectivity index (χ3n) is 6.67. The van der Waals surface area contributed by atoms with Crippen molar-refractivity contribution in [3.8, 4) is 0 Å². The fourth-order valence-corrected chi connectivity index (χ4v) is 5.04. The first kappa shape index (κ1) is 33.4. The van der Waals surface area contributed by atoms with Gasteiger partial charge in [0.1, 0.15) is 17.7 Å². The molecule has 2 N–H and O–H groups in total. The number of carbonyl (C=O) groups excluding carboxylic acids is 3. The monoisotopic (exact) mass is 603 g/mol. The Kier molecular flexibility index (Phi) is 10.8. The number of benzene rings is 3. The highest BCUT2D eigenvalue weighted by Crippen LogP contribution is 2.34. The maximum absolute atomic E-state index is 14.7. The summed E-state index contributed by atoms with van der Waals surface area (Å²) in [6.45, 7) is 16.6. The van der Waals surface area contributed by atoms with Crippen LogP contribution in [0.2, 0.25) is 5.02 Å². The Morgan fingerprint density at radius 3 is 2.19 bits per heavy atom. The first-order valence-corrected chi connectivity index (χ1v) is 14.6. The molecule has 3 rings (SSSR count). The van der Waals surface area contributed by atoms with E-state index in [0.717, 1.165) is 16.7 Å². The largest absolute Gasteiger partial charge is 0.444 e. The van der Waals surface area contributed by atoms with E-state index >= 15 is 0 Å². The predicted molar refractivity (Wildman–Crippen MR) is 174 cm³/mol. The van der Waals surface area contributed by atoms with E-state index in [0.29, 0.717) is 16.3 Å². The molecule has 2 unspecified atom stereocenters. The number of amides is 3.